The van der Waals surface area contributed by atoms with E-state index in [-0.39, 0.29) is 11.4 Å². The normalized spacial score (nSPS) is 28.7. The predicted octanol–water partition coefficient (Wildman–Crippen LogP) is 2.81. The average Bonchev–Trinajstić information content (AvgIpc) is 2.78. The van der Waals surface area contributed by atoms with E-state index in [9.17, 15) is 14.7 Å². The summed E-state index contributed by atoms with van der Waals surface area (Å²) >= 11 is 0. The number of aliphatic carboxylic acids is 1. The first-order valence-electron chi connectivity index (χ1n) is 8.07. The van der Waals surface area contributed by atoms with Crippen LogP contribution in [-0.2, 0) is 4.79 Å². The number of piperidine rings is 1. The van der Waals surface area contributed by atoms with Crippen LogP contribution < -0.4 is 0 Å². The van der Waals surface area contributed by atoms with Gasteiger partial charge in [0.25, 0.3) is 0 Å². The molecule has 2 fully saturated rings. The van der Waals surface area contributed by atoms with Gasteiger partial charge >= 0.3 is 12.0 Å². The Hall–Kier alpha value is -1.26. The van der Waals surface area contributed by atoms with Gasteiger partial charge in [-0.1, -0.05) is 27.2 Å². The lowest BCUT2D eigenvalue weighted by atomic mass is 9.76. The molecule has 0 saturated carbocycles. The fourth-order valence-corrected chi connectivity index (χ4v) is 3.73. The van der Waals surface area contributed by atoms with Gasteiger partial charge in [-0.25, -0.2) is 4.79 Å². The number of likely N-dealkylation sites (tertiary alicyclic amines) is 2. The minimum atomic E-state index is -0.747. The molecule has 120 valence electrons. The van der Waals surface area contributed by atoms with Crippen LogP contribution in [0.5, 0.6) is 0 Å². The van der Waals surface area contributed by atoms with Crippen molar-refractivity contribution in [2.75, 3.05) is 26.2 Å². The first-order valence-corrected chi connectivity index (χ1v) is 8.07. The molecule has 0 radical (unpaired) electrons. The Labute approximate surface area is 127 Å². The summed E-state index contributed by atoms with van der Waals surface area (Å²) in [7, 11) is 0. The van der Waals surface area contributed by atoms with Gasteiger partial charge in [0.15, 0.2) is 0 Å². The number of nitrogens with zero attached hydrogens (tertiary/aromatic N) is 2. The zero-order valence-corrected chi connectivity index (χ0v) is 13.5. The number of rotatable bonds is 3. The van der Waals surface area contributed by atoms with Gasteiger partial charge in [-0.15, -0.1) is 0 Å². The molecule has 2 rings (SSSR count). The molecule has 5 nitrogen and oxygen atoms in total. The van der Waals surface area contributed by atoms with Gasteiger partial charge in [-0.05, 0) is 31.1 Å². The smallest absolute Gasteiger partial charge is 0.320 e. The van der Waals surface area contributed by atoms with Crippen molar-refractivity contribution in [2.24, 2.45) is 10.8 Å². The van der Waals surface area contributed by atoms with E-state index < -0.39 is 11.4 Å². The summed E-state index contributed by atoms with van der Waals surface area (Å²) in [5.74, 6) is -0.747. The van der Waals surface area contributed by atoms with E-state index in [2.05, 4.69) is 13.8 Å². The Morgan fingerprint density at radius 2 is 1.76 bits per heavy atom. The van der Waals surface area contributed by atoms with Crippen molar-refractivity contribution in [3.63, 3.8) is 0 Å². The van der Waals surface area contributed by atoms with Crippen molar-refractivity contribution in [3.8, 4) is 0 Å². The Bertz CT molecular complexity index is 418. The third kappa shape index (κ3) is 3.33. The topological polar surface area (TPSA) is 60.9 Å². The number of amides is 2. The zero-order chi connectivity index (χ0) is 15.7. The number of carboxylic acids is 1. The molecule has 2 heterocycles. The molecule has 2 amide bonds. The molecular formula is C16H28N2O3. The van der Waals surface area contributed by atoms with Crippen LogP contribution in [-0.4, -0.2) is 53.1 Å². The highest BCUT2D eigenvalue weighted by Crippen LogP contribution is 2.36. The second-order valence-electron chi connectivity index (χ2n) is 7.48. The van der Waals surface area contributed by atoms with Gasteiger partial charge < -0.3 is 14.9 Å². The van der Waals surface area contributed by atoms with E-state index >= 15 is 0 Å². The summed E-state index contributed by atoms with van der Waals surface area (Å²) in [6.07, 6.45) is 3.98. The summed E-state index contributed by atoms with van der Waals surface area (Å²) in [5, 5.41) is 9.62. The van der Waals surface area contributed by atoms with Crippen LogP contribution in [0.3, 0.4) is 0 Å². The van der Waals surface area contributed by atoms with Crippen LogP contribution in [0.4, 0.5) is 4.79 Å². The molecule has 2 aliphatic heterocycles. The SMILES string of the molecule is CCCC1(C(=O)O)CCCN(C(=O)N2CCC(C)(C)C2)C1. The third-order valence-electron chi connectivity index (χ3n) is 4.98. The average molecular weight is 296 g/mol. The summed E-state index contributed by atoms with van der Waals surface area (Å²) in [6.45, 7) is 8.98. The quantitative estimate of drug-likeness (QED) is 0.871. The van der Waals surface area contributed by atoms with Crippen LogP contribution in [0.1, 0.15) is 52.9 Å². The molecule has 0 aromatic heterocycles. The molecule has 5 heteroatoms. The van der Waals surface area contributed by atoms with Gasteiger partial charge in [0.2, 0.25) is 0 Å². The fourth-order valence-electron chi connectivity index (χ4n) is 3.73. The minimum absolute atomic E-state index is 0.0296. The molecule has 0 aliphatic carbocycles. The molecule has 2 saturated heterocycles. The van der Waals surface area contributed by atoms with Crippen molar-refractivity contribution in [3.05, 3.63) is 0 Å². The van der Waals surface area contributed by atoms with Gasteiger partial charge in [0.1, 0.15) is 0 Å². The second kappa shape index (κ2) is 5.85. The standard InChI is InChI=1S/C16H28N2O3/c1-4-6-16(13(19)20)7-5-9-17(12-16)14(21)18-10-8-15(2,3)11-18/h4-12H2,1-3H3,(H,19,20). The molecule has 1 unspecified atom stereocenters. The zero-order valence-electron chi connectivity index (χ0n) is 13.5. The highest BCUT2D eigenvalue weighted by molar-refractivity contribution is 5.79. The Morgan fingerprint density at radius 3 is 2.29 bits per heavy atom. The minimum Gasteiger partial charge on any atom is -0.481 e. The lowest BCUT2D eigenvalue weighted by molar-refractivity contribution is -0.152. The van der Waals surface area contributed by atoms with Gasteiger partial charge in [0.05, 0.1) is 5.41 Å². The van der Waals surface area contributed by atoms with Crippen molar-refractivity contribution in [1.82, 2.24) is 9.80 Å². The van der Waals surface area contributed by atoms with Crippen LogP contribution in [0.25, 0.3) is 0 Å². The van der Waals surface area contributed by atoms with Crippen molar-refractivity contribution in [1.29, 1.82) is 0 Å². The van der Waals surface area contributed by atoms with E-state index in [0.29, 0.717) is 25.9 Å². The maximum Gasteiger partial charge on any atom is 0.320 e. The van der Waals surface area contributed by atoms with Gasteiger partial charge in [-0.2, -0.15) is 0 Å². The largest absolute Gasteiger partial charge is 0.481 e. The number of urea groups is 1. The lowest BCUT2D eigenvalue weighted by Crippen LogP contribution is -2.53. The summed E-state index contributed by atoms with van der Waals surface area (Å²) in [4.78, 5) is 28.0. The highest BCUT2D eigenvalue weighted by atomic mass is 16.4. The fraction of sp³-hybridized carbons (Fsp3) is 0.875. The van der Waals surface area contributed by atoms with Crippen LogP contribution >= 0.6 is 0 Å². The van der Waals surface area contributed by atoms with Crippen LogP contribution in [0.2, 0.25) is 0 Å². The molecule has 1 N–H and O–H groups in total. The predicted molar refractivity (Wildman–Crippen MR) is 81.2 cm³/mol. The summed E-state index contributed by atoms with van der Waals surface area (Å²) < 4.78 is 0. The van der Waals surface area contributed by atoms with Crippen LogP contribution in [0, 0.1) is 10.8 Å². The molecule has 0 aromatic carbocycles. The van der Waals surface area contributed by atoms with Crippen LogP contribution in [0.15, 0.2) is 0 Å². The maximum absolute atomic E-state index is 12.7. The highest BCUT2D eigenvalue weighted by Gasteiger charge is 2.44. The van der Waals surface area contributed by atoms with E-state index in [1.54, 1.807) is 4.90 Å². The number of carboxylic acid groups (broad SMARTS) is 1. The number of carbonyl (C=O) groups is 2. The summed E-state index contributed by atoms with van der Waals surface area (Å²) in [6, 6.07) is 0.0296. The number of carbonyl (C=O) groups excluding carboxylic acids is 1. The Balaban J connectivity index is 2.06. The molecule has 0 spiro atoms. The molecular weight excluding hydrogens is 268 g/mol. The Morgan fingerprint density at radius 1 is 1.10 bits per heavy atom. The lowest BCUT2D eigenvalue weighted by Gasteiger charge is -2.41. The monoisotopic (exact) mass is 296 g/mol. The van der Waals surface area contributed by atoms with E-state index in [1.165, 1.54) is 0 Å². The summed E-state index contributed by atoms with van der Waals surface area (Å²) in [5.41, 5.74) is -0.559. The van der Waals surface area contributed by atoms with Gasteiger partial charge in [0, 0.05) is 26.2 Å². The van der Waals surface area contributed by atoms with Gasteiger partial charge in [-0.3, -0.25) is 4.79 Å². The van der Waals surface area contributed by atoms with Crippen molar-refractivity contribution >= 4 is 12.0 Å². The molecule has 21 heavy (non-hydrogen) atoms. The Kier molecular flexibility index (Phi) is 4.49. The second-order valence-corrected chi connectivity index (χ2v) is 7.48. The van der Waals surface area contributed by atoms with Crippen molar-refractivity contribution < 1.29 is 14.7 Å². The number of hydrogen-bond donors (Lipinski definition) is 1. The number of hydrogen-bond acceptors (Lipinski definition) is 2. The molecule has 0 aromatic rings. The first-order chi connectivity index (χ1) is 9.80. The first kappa shape index (κ1) is 16.1. The third-order valence-corrected chi connectivity index (χ3v) is 4.98. The molecule has 2 aliphatic rings. The van der Waals surface area contributed by atoms with E-state index in [1.807, 2.05) is 11.8 Å². The molecule has 1 atom stereocenters. The van der Waals surface area contributed by atoms with E-state index in [4.69, 9.17) is 0 Å². The maximum atomic E-state index is 12.7. The molecule has 0 bridgehead atoms. The van der Waals surface area contributed by atoms with Crippen molar-refractivity contribution in [2.45, 2.75) is 52.9 Å². The van der Waals surface area contributed by atoms with E-state index in [0.717, 1.165) is 32.4 Å².